The maximum Gasteiger partial charge on any atom is 0.319 e. The zero-order chi connectivity index (χ0) is 18.7. The normalized spacial score (nSPS) is 19.8. The predicted octanol–water partition coefficient (Wildman–Crippen LogP) is 3.17. The van der Waals surface area contributed by atoms with E-state index in [-0.39, 0.29) is 6.04 Å². The average molecular weight is 375 g/mol. The van der Waals surface area contributed by atoms with Gasteiger partial charge in [-0.1, -0.05) is 17.6 Å². The number of aromatic nitrogens is 6. The Morgan fingerprint density at radius 2 is 2.18 bits per heavy atom. The van der Waals surface area contributed by atoms with E-state index < -0.39 is 0 Å². The number of nitrogens with one attached hydrogen (secondary N) is 1. The summed E-state index contributed by atoms with van der Waals surface area (Å²) in [6.45, 7) is 2.88. The van der Waals surface area contributed by atoms with Gasteiger partial charge in [-0.15, -0.1) is 5.10 Å². The van der Waals surface area contributed by atoms with Crippen LogP contribution in [0.1, 0.15) is 59.8 Å². The molecule has 1 fully saturated rings. The van der Waals surface area contributed by atoms with Crippen LogP contribution in [0.4, 0.5) is 6.01 Å². The van der Waals surface area contributed by atoms with Crippen LogP contribution < -0.4 is 4.90 Å². The molecule has 8 nitrogen and oxygen atoms in total. The minimum atomic E-state index is -0.149. The van der Waals surface area contributed by atoms with Gasteiger partial charge in [-0.05, 0) is 37.5 Å². The zero-order valence-corrected chi connectivity index (χ0v) is 15.7. The molecule has 0 spiro atoms. The van der Waals surface area contributed by atoms with E-state index in [9.17, 15) is 0 Å². The molecule has 1 atom stereocenters. The van der Waals surface area contributed by atoms with Gasteiger partial charge in [0.25, 0.3) is 0 Å². The summed E-state index contributed by atoms with van der Waals surface area (Å²) >= 11 is 0. The molecule has 4 aromatic rings. The van der Waals surface area contributed by atoms with Crippen LogP contribution in [0, 0.1) is 6.92 Å². The van der Waals surface area contributed by atoms with Gasteiger partial charge in [0.1, 0.15) is 6.04 Å². The molecule has 1 saturated carbocycles. The van der Waals surface area contributed by atoms with E-state index in [1.807, 2.05) is 16.8 Å². The Morgan fingerprint density at radius 3 is 3.00 bits per heavy atom. The molecule has 28 heavy (non-hydrogen) atoms. The number of rotatable bonds is 3. The fraction of sp³-hybridized carbons (Fsp3) is 0.400. The third-order valence-electron chi connectivity index (χ3n) is 6.07. The first kappa shape index (κ1) is 15.9. The number of nitrogens with zero attached hydrogens (tertiary/aromatic N) is 6. The van der Waals surface area contributed by atoms with Gasteiger partial charge in [0.2, 0.25) is 5.89 Å². The van der Waals surface area contributed by atoms with E-state index in [1.54, 1.807) is 6.33 Å². The molecule has 1 aliphatic carbocycles. The minimum Gasteiger partial charge on any atom is -0.408 e. The van der Waals surface area contributed by atoms with E-state index in [1.165, 1.54) is 12.0 Å². The number of hydrogen-bond donors (Lipinski definition) is 1. The van der Waals surface area contributed by atoms with Crippen molar-refractivity contribution in [1.82, 2.24) is 29.8 Å². The maximum absolute atomic E-state index is 6.10. The first-order valence-electron chi connectivity index (χ1n) is 9.85. The molecule has 1 aliphatic heterocycles. The summed E-state index contributed by atoms with van der Waals surface area (Å²) in [5, 5.41) is 13.6. The van der Waals surface area contributed by atoms with Gasteiger partial charge < -0.3 is 14.3 Å². The molecule has 1 N–H and O–H groups in total. The Bertz CT molecular complexity index is 1150. The van der Waals surface area contributed by atoms with Crippen LogP contribution in [-0.2, 0) is 6.42 Å². The molecule has 5 heterocycles. The SMILES string of the molecule is Cc1cccn2nc([C@@H]3c4nc[nH]c4CCN3c3nnc(C4CCC4)o3)cc12. The number of pyridine rings is 1. The van der Waals surface area contributed by atoms with Gasteiger partial charge in [-0.2, -0.15) is 5.10 Å². The van der Waals surface area contributed by atoms with Gasteiger partial charge in [0, 0.05) is 30.8 Å². The quantitative estimate of drug-likeness (QED) is 0.592. The molecule has 8 heteroatoms. The third kappa shape index (κ3) is 2.30. The molecule has 0 unspecified atom stereocenters. The number of fused-ring (bicyclic) bond motifs is 2. The van der Waals surface area contributed by atoms with Crippen LogP contribution in [0.15, 0.2) is 35.1 Å². The molecule has 0 saturated heterocycles. The lowest BCUT2D eigenvalue weighted by Gasteiger charge is -2.32. The van der Waals surface area contributed by atoms with Crippen molar-refractivity contribution in [3.05, 3.63) is 59.3 Å². The Hall–Kier alpha value is -3.16. The van der Waals surface area contributed by atoms with E-state index in [0.29, 0.717) is 11.9 Å². The summed E-state index contributed by atoms with van der Waals surface area (Å²) in [7, 11) is 0. The van der Waals surface area contributed by atoms with Crippen LogP contribution in [0.5, 0.6) is 0 Å². The van der Waals surface area contributed by atoms with Crippen molar-refractivity contribution in [2.24, 2.45) is 0 Å². The standard InChI is InChI=1S/C20H21N7O/c1-12-4-3-8-27-16(12)10-15(25-27)18-17-14(21-11-22-17)7-9-26(18)20-24-23-19(28-20)13-5-2-6-13/h3-4,8,10-11,13,18H,2,5-7,9H2,1H3,(H,21,22)/t18-/m1/s1. The number of aryl methyl sites for hydroxylation is 1. The van der Waals surface area contributed by atoms with Gasteiger partial charge in [0.15, 0.2) is 0 Å². The summed E-state index contributed by atoms with van der Waals surface area (Å²) in [5.74, 6) is 1.18. The molecule has 0 aromatic carbocycles. The molecular weight excluding hydrogens is 354 g/mol. The number of hydrogen-bond acceptors (Lipinski definition) is 6. The second-order valence-corrected chi connectivity index (χ2v) is 7.75. The molecule has 4 aromatic heterocycles. The van der Waals surface area contributed by atoms with Crippen molar-refractivity contribution < 1.29 is 4.42 Å². The number of H-pyrrole nitrogens is 1. The highest BCUT2D eigenvalue weighted by atomic mass is 16.4. The van der Waals surface area contributed by atoms with E-state index in [2.05, 4.69) is 44.1 Å². The third-order valence-corrected chi connectivity index (χ3v) is 6.07. The lowest BCUT2D eigenvalue weighted by molar-refractivity contribution is 0.333. The zero-order valence-electron chi connectivity index (χ0n) is 15.7. The summed E-state index contributed by atoms with van der Waals surface area (Å²) in [5.41, 5.74) is 5.35. The lowest BCUT2D eigenvalue weighted by atomic mass is 9.85. The molecule has 6 rings (SSSR count). The van der Waals surface area contributed by atoms with Gasteiger partial charge in [0.05, 0.1) is 23.2 Å². The Kier molecular flexibility index (Phi) is 3.35. The highest BCUT2D eigenvalue weighted by Crippen LogP contribution is 2.39. The fourth-order valence-electron chi connectivity index (χ4n) is 4.25. The largest absolute Gasteiger partial charge is 0.408 e. The number of aromatic amines is 1. The molecule has 0 amide bonds. The Labute approximate surface area is 161 Å². The monoisotopic (exact) mass is 375 g/mol. The molecule has 0 bridgehead atoms. The number of imidazole rings is 1. The second kappa shape index (κ2) is 5.92. The second-order valence-electron chi connectivity index (χ2n) is 7.75. The average Bonchev–Trinajstić information content (AvgIpc) is 3.38. The summed E-state index contributed by atoms with van der Waals surface area (Å²) in [6, 6.07) is 6.67. The topological polar surface area (TPSA) is 88.1 Å². The van der Waals surface area contributed by atoms with Crippen molar-refractivity contribution in [1.29, 1.82) is 0 Å². The highest BCUT2D eigenvalue weighted by molar-refractivity contribution is 5.56. The smallest absolute Gasteiger partial charge is 0.319 e. The molecule has 2 aliphatic rings. The first-order chi connectivity index (χ1) is 13.8. The van der Waals surface area contributed by atoms with Crippen LogP contribution in [-0.4, -0.2) is 36.3 Å². The van der Waals surface area contributed by atoms with E-state index in [0.717, 1.165) is 54.3 Å². The Balaban J connectivity index is 1.46. The van der Waals surface area contributed by atoms with Gasteiger partial charge in [-0.25, -0.2) is 9.50 Å². The first-order valence-corrected chi connectivity index (χ1v) is 9.85. The van der Waals surface area contributed by atoms with Crippen molar-refractivity contribution in [3.63, 3.8) is 0 Å². The summed E-state index contributed by atoms with van der Waals surface area (Å²) < 4.78 is 8.03. The Morgan fingerprint density at radius 1 is 1.25 bits per heavy atom. The van der Waals surface area contributed by atoms with Crippen LogP contribution in [0.2, 0.25) is 0 Å². The maximum atomic E-state index is 6.10. The molecule has 0 radical (unpaired) electrons. The van der Waals surface area contributed by atoms with Crippen molar-refractivity contribution in [2.75, 3.05) is 11.4 Å². The van der Waals surface area contributed by atoms with Crippen molar-refractivity contribution in [2.45, 2.75) is 44.6 Å². The number of anilines is 1. The van der Waals surface area contributed by atoms with Crippen molar-refractivity contribution >= 4 is 11.5 Å². The predicted molar refractivity (Wildman–Crippen MR) is 102 cm³/mol. The van der Waals surface area contributed by atoms with Crippen LogP contribution >= 0.6 is 0 Å². The fourth-order valence-corrected chi connectivity index (χ4v) is 4.25. The van der Waals surface area contributed by atoms with Gasteiger partial charge >= 0.3 is 6.01 Å². The van der Waals surface area contributed by atoms with Crippen LogP contribution in [0.3, 0.4) is 0 Å². The van der Waals surface area contributed by atoms with E-state index >= 15 is 0 Å². The summed E-state index contributed by atoms with van der Waals surface area (Å²) in [4.78, 5) is 10.0. The lowest BCUT2D eigenvalue weighted by Crippen LogP contribution is -2.37. The minimum absolute atomic E-state index is 0.149. The van der Waals surface area contributed by atoms with E-state index in [4.69, 9.17) is 9.52 Å². The molecular formula is C20H21N7O. The van der Waals surface area contributed by atoms with Crippen LogP contribution in [0.25, 0.3) is 5.52 Å². The molecule has 142 valence electrons. The highest BCUT2D eigenvalue weighted by Gasteiger charge is 2.36. The summed E-state index contributed by atoms with van der Waals surface area (Å²) in [6.07, 6.45) is 8.12. The van der Waals surface area contributed by atoms with Gasteiger partial charge in [-0.3, -0.25) is 0 Å². The van der Waals surface area contributed by atoms with Crippen molar-refractivity contribution in [3.8, 4) is 0 Å².